The zero-order valence-corrected chi connectivity index (χ0v) is 11.4. The fourth-order valence-corrected chi connectivity index (χ4v) is 1.97. The number of carbonyl (C=O) groups excluding carboxylic acids is 1. The number of aryl methyl sites for hydroxylation is 1. The van der Waals surface area contributed by atoms with Crippen LogP contribution in [0.5, 0.6) is 0 Å². The van der Waals surface area contributed by atoms with Gasteiger partial charge >= 0.3 is 0 Å². The number of nitrogens with zero attached hydrogens (tertiary/aromatic N) is 2. The number of nitro benzene ring substituents is 1. The summed E-state index contributed by atoms with van der Waals surface area (Å²) in [5, 5.41) is 13.8. The molecule has 0 saturated carbocycles. The van der Waals surface area contributed by atoms with Crippen molar-refractivity contribution in [3.05, 3.63) is 62.9 Å². The van der Waals surface area contributed by atoms with Crippen LogP contribution in [0.1, 0.15) is 16.1 Å². The molecule has 20 heavy (non-hydrogen) atoms. The number of hydrogen-bond donors (Lipinski definition) is 1. The number of hydrogen-bond acceptors (Lipinski definition) is 3. The van der Waals surface area contributed by atoms with Gasteiger partial charge in [-0.05, 0) is 24.3 Å². The Hall–Kier alpha value is -2.34. The number of nitro groups is 1. The molecule has 2 rings (SSSR count). The summed E-state index contributed by atoms with van der Waals surface area (Å²) in [7, 11) is 1.85. The fourth-order valence-electron chi connectivity index (χ4n) is 1.80. The summed E-state index contributed by atoms with van der Waals surface area (Å²) in [6.07, 6.45) is 1.85. The van der Waals surface area contributed by atoms with E-state index in [-0.39, 0.29) is 22.8 Å². The quantitative estimate of drug-likeness (QED) is 0.695. The highest BCUT2D eigenvalue weighted by Crippen LogP contribution is 2.22. The van der Waals surface area contributed by atoms with E-state index < -0.39 is 10.8 Å². The smallest absolute Gasteiger partial charge is 0.282 e. The van der Waals surface area contributed by atoms with Crippen molar-refractivity contribution < 1.29 is 9.72 Å². The lowest BCUT2D eigenvalue weighted by Gasteiger charge is -2.07. The summed E-state index contributed by atoms with van der Waals surface area (Å²) in [6, 6.07) is 7.60. The molecule has 0 aliphatic rings. The zero-order valence-electron chi connectivity index (χ0n) is 10.7. The topological polar surface area (TPSA) is 77.2 Å². The average molecular weight is 294 g/mol. The first-order valence-electron chi connectivity index (χ1n) is 5.81. The zero-order chi connectivity index (χ0) is 14.7. The first-order chi connectivity index (χ1) is 9.49. The van der Waals surface area contributed by atoms with E-state index >= 15 is 0 Å². The van der Waals surface area contributed by atoms with Gasteiger partial charge in [-0.3, -0.25) is 14.9 Å². The van der Waals surface area contributed by atoms with E-state index in [0.29, 0.717) is 0 Å². The lowest BCUT2D eigenvalue weighted by molar-refractivity contribution is -0.385. The Kier molecular flexibility index (Phi) is 4.05. The molecule has 0 atom stereocenters. The van der Waals surface area contributed by atoms with Crippen molar-refractivity contribution in [2.24, 2.45) is 7.05 Å². The molecule has 0 fully saturated rings. The fraction of sp³-hybridized carbons (Fsp3) is 0.154. The van der Waals surface area contributed by atoms with Crippen molar-refractivity contribution in [3.8, 4) is 0 Å². The van der Waals surface area contributed by atoms with Crippen molar-refractivity contribution in [2.45, 2.75) is 6.54 Å². The van der Waals surface area contributed by atoms with Crippen LogP contribution in [0.3, 0.4) is 0 Å². The molecule has 1 N–H and O–H groups in total. The van der Waals surface area contributed by atoms with Gasteiger partial charge in [0, 0.05) is 30.0 Å². The van der Waals surface area contributed by atoms with Gasteiger partial charge in [0.2, 0.25) is 0 Å². The Balaban J connectivity index is 2.19. The third kappa shape index (κ3) is 2.97. The van der Waals surface area contributed by atoms with Gasteiger partial charge in [0.25, 0.3) is 11.6 Å². The van der Waals surface area contributed by atoms with Crippen molar-refractivity contribution in [1.29, 1.82) is 0 Å². The first-order valence-corrected chi connectivity index (χ1v) is 6.19. The number of halogens is 1. The van der Waals surface area contributed by atoms with Crippen molar-refractivity contribution in [2.75, 3.05) is 0 Å². The summed E-state index contributed by atoms with van der Waals surface area (Å²) >= 11 is 5.78. The van der Waals surface area contributed by atoms with E-state index in [0.717, 1.165) is 5.69 Å². The van der Waals surface area contributed by atoms with Crippen LogP contribution in [0.2, 0.25) is 5.02 Å². The molecule has 2 aromatic rings. The second-order valence-corrected chi connectivity index (χ2v) is 4.65. The molecule has 0 aliphatic carbocycles. The normalized spacial score (nSPS) is 10.3. The lowest BCUT2D eigenvalue weighted by Crippen LogP contribution is -2.24. The molecule has 0 unspecified atom stereocenters. The molecule has 0 bridgehead atoms. The van der Waals surface area contributed by atoms with Gasteiger partial charge in [0.15, 0.2) is 0 Å². The maximum atomic E-state index is 12.0. The molecular formula is C13H12ClN3O3. The Morgan fingerprint density at radius 1 is 1.45 bits per heavy atom. The van der Waals surface area contributed by atoms with Crippen LogP contribution in [-0.4, -0.2) is 15.4 Å². The van der Waals surface area contributed by atoms with E-state index in [1.807, 2.05) is 29.9 Å². The van der Waals surface area contributed by atoms with Crippen LogP contribution in [0.4, 0.5) is 5.69 Å². The Morgan fingerprint density at radius 3 is 2.80 bits per heavy atom. The maximum absolute atomic E-state index is 12.0. The standard InChI is InChI=1S/C13H12ClN3O3/c1-16-6-2-3-10(16)8-15-13(18)11-7-9(14)4-5-12(11)17(19)20/h2-7H,8H2,1H3,(H,15,18). The van der Waals surface area contributed by atoms with Crippen molar-refractivity contribution in [1.82, 2.24) is 9.88 Å². The van der Waals surface area contributed by atoms with E-state index in [1.165, 1.54) is 18.2 Å². The summed E-state index contributed by atoms with van der Waals surface area (Å²) in [5.41, 5.74) is 0.582. The van der Waals surface area contributed by atoms with Gasteiger partial charge in [0.05, 0.1) is 11.5 Å². The molecule has 0 spiro atoms. The second kappa shape index (κ2) is 5.75. The van der Waals surface area contributed by atoms with Gasteiger partial charge in [0.1, 0.15) is 5.56 Å². The molecule has 0 radical (unpaired) electrons. The van der Waals surface area contributed by atoms with Gasteiger partial charge in [-0.1, -0.05) is 11.6 Å². The summed E-state index contributed by atoms with van der Waals surface area (Å²) in [4.78, 5) is 22.3. The van der Waals surface area contributed by atoms with Crippen LogP contribution >= 0.6 is 11.6 Å². The third-order valence-corrected chi connectivity index (χ3v) is 3.12. The monoisotopic (exact) mass is 293 g/mol. The summed E-state index contributed by atoms with van der Waals surface area (Å²) in [5.74, 6) is -0.527. The maximum Gasteiger partial charge on any atom is 0.282 e. The van der Waals surface area contributed by atoms with Gasteiger partial charge in [-0.25, -0.2) is 0 Å². The van der Waals surface area contributed by atoms with Gasteiger partial charge < -0.3 is 9.88 Å². The number of benzene rings is 1. The number of rotatable bonds is 4. The Labute approximate surface area is 120 Å². The second-order valence-electron chi connectivity index (χ2n) is 4.21. The predicted octanol–water partition coefficient (Wildman–Crippen LogP) is 2.52. The van der Waals surface area contributed by atoms with E-state index in [9.17, 15) is 14.9 Å². The summed E-state index contributed by atoms with van der Waals surface area (Å²) in [6.45, 7) is 0.284. The SMILES string of the molecule is Cn1cccc1CNC(=O)c1cc(Cl)ccc1[N+](=O)[O-]. The highest BCUT2D eigenvalue weighted by Gasteiger charge is 2.20. The number of amides is 1. The Morgan fingerprint density at radius 2 is 2.20 bits per heavy atom. The van der Waals surface area contributed by atoms with Crippen LogP contribution in [0.15, 0.2) is 36.5 Å². The molecule has 1 amide bonds. The number of carbonyl (C=O) groups is 1. The molecule has 1 aromatic carbocycles. The summed E-state index contributed by atoms with van der Waals surface area (Å²) < 4.78 is 1.85. The van der Waals surface area contributed by atoms with E-state index in [2.05, 4.69) is 5.32 Å². The van der Waals surface area contributed by atoms with Gasteiger partial charge in [-0.15, -0.1) is 0 Å². The molecule has 0 saturated heterocycles. The number of aromatic nitrogens is 1. The number of nitrogens with one attached hydrogen (secondary N) is 1. The average Bonchev–Trinajstić information content (AvgIpc) is 2.81. The Bertz CT molecular complexity index is 667. The van der Waals surface area contributed by atoms with Crippen molar-refractivity contribution >= 4 is 23.2 Å². The molecule has 6 nitrogen and oxygen atoms in total. The molecular weight excluding hydrogens is 282 g/mol. The van der Waals surface area contributed by atoms with Crippen molar-refractivity contribution in [3.63, 3.8) is 0 Å². The highest BCUT2D eigenvalue weighted by atomic mass is 35.5. The molecule has 7 heteroatoms. The minimum atomic E-state index is -0.603. The van der Waals surface area contributed by atoms with Crippen LogP contribution in [-0.2, 0) is 13.6 Å². The first kappa shape index (κ1) is 14.1. The lowest BCUT2D eigenvalue weighted by atomic mass is 10.1. The molecule has 1 heterocycles. The largest absolute Gasteiger partial charge is 0.353 e. The van der Waals surface area contributed by atoms with Crippen LogP contribution in [0, 0.1) is 10.1 Å². The molecule has 1 aromatic heterocycles. The van der Waals surface area contributed by atoms with Crippen LogP contribution in [0.25, 0.3) is 0 Å². The van der Waals surface area contributed by atoms with E-state index in [1.54, 1.807) is 0 Å². The molecule has 0 aliphatic heterocycles. The van der Waals surface area contributed by atoms with E-state index in [4.69, 9.17) is 11.6 Å². The highest BCUT2D eigenvalue weighted by molar-refractivity contribution is 6.31. The minimum Gasteiger partial charge on any atom is -0.353 e. The molecule has 104 valence electrons. The third-order valence-electron chi connectivity index (χ3n) is 2.88. The van der Waals surface area contributed by atoms with Crippen LogP contribution < -0.4 is 5.32 Å². The minimum absolute atomic E-state index is 0.0447. The predicted molar refractivity (Wildman–Crippen MR) is 74.7 cm³/mol. The van der Waals surface area contributed by atoms with Gasteiger partial charge in [-0.2, -0.15) is 0 Å².